The van der Waals surface area contributed by atoms with Crippen molar-refractivity contribution < 1.29 is 31.9 Å². The highest BCUT2D eigenvalue weighted by molar-refractivity contribution is 6.21. The highest BCUT2D eigenvalue weighted by Crippen LogP contribution is 2.32. The van der Waals surface area contributed by atoms with Gasteiger partial charge in [0.1, 0.15) is 12.8 Å². The third-order valence-corrected chi connectivity index (χ3v) is 7.55. The third kappa shape index (κ3) is 8.24. The summed E-state index contributed by atoms with van der Waals surface area (Å²) in [6.07, 6.45) is -1.14. The highest BCUT2D eigenvalue weighted by Gasteiger charge is 2.41. The van der Waals surface area contributed by atoms with Gasteiger partial charge in [-0.05, 0) is 51.4 Å². The molecule has 0 spiro atoms. The molecule has 3 N–H and O–H groups in total. The maximum absolute atomic E-state index is 13.7. The molecule has 33 heavy (non-hydrogen) atoms. The summed E-state index contributed by atoms with van der Waals surface area (Å²) in [6, 6.07) is -0.174. The Bertz CT molecular complexity index is 653. The first-order chi connectivity index (χ1) is 15.6. The van der Waals surface area contributed by atoms with Crippen LogP contribution in [0.3, 0.4) is 0 Å². The molecule has 1 saturated heterocycles. The molecule has 0 bridgehead atoms. The van der Waals surface area contributed by atoms with Crippen LogP contribution in [-0.2, 0) is 14.3 Å². The SMILES string of the molecule is O=C(COC1CCC(Cl)C(F)C1)NC1CCC(C(=O)NCC2CCC(C(F)(F)F)CN2)CC1. The van der Waals surface area contributed by atoms with E-state index in [-0.39, 0.29) is 61.9 Å². The van der Waals surface area contributed by atoms with E-state index in [2.05, 4.69) is 16.0 Å². The summed E-state index contributed by atoms with van der Waals surface area (Å²) in [5.74, 6) is -1.81. The largest absolute Gasteiger partial charge is 0.393 e. The lowest BCUT2D eigenvalue weighted by Crippen LogP contribution is -2.50. The van der Waals surface area contributed by atoms with E-state index < -0.39 is 23.6 Å². The van der Waals surface area contributed by atoms with Crippen LogP contribution in [0.25, 0.3) is 0 Å². The molecular weight excluding hydrogens is 466 g/mol. The predicted molar refractivity (Wildman–Crippen MR) is 116 cm³/mol. The second kappa shape index (κ2) is 12.0. The van der Waals surface area contributed by atoms with Crippen LogP contribution in [-0.4, -0.2) is 67.4 Å². The zero-order chi connectivity index (χ0) is 24.0. The maximum Gasteiger partial charge on any atom is 0.393 e. The first kappa shape index (κ1) is 26.5. The van der Waals surface area contributed by atoms with Crippen LogP contribution in [0.1, 0.15) is 57.8 Å². The van der Waals surface area contributed by atoms with Crippen LogP contribution in [0.15, 0.2) is 0 Å². The molecule has 1 aliphatic heterocycles. The van der Waals surface area contributed by atoms with Crippen LogP contribution in [0, 0.1) is 11.8 Å². The summed E-state index contributed by atoms with van der Waals surface area (Å²) in [6.45, 7) is 0.0953. The summed E-state index contributed by atoms with van der Waals surface area (Å²) in [7, 11) is 0. The zero-order valence-corrected chi connectivity index (χ0v) is 19.4. The van der Waals surface area contributed by atoms with Crippen molar-refractivity contribution in [2.75, 3.05) is 19.7 Å². The van der Waals surface area contributed by atoms with Crippen LogP contribution >= 0.6 is 11.6 Å². The van der Waals surface area contributed by atoms with Crippen LogP contribution in [0.5, 0.6) is 0 Å². The van der Waals surface area contributed by atoms with E-state index in [0.29, 0.717) is 51.5 Å². The number of nitrogens with one attached hydrogen (secondary N) is 3. The average molecular weight is 500 g/mol. The number of halogens is 5. The summed E-state index contributed by atoms with van der Waals surface area (Å²) in [5, 5.41) is 8.19. The van der Waals surface area contributed by atoms with Crippen molar-refractivity contribution in [3.63, 3.8) is 0 Å². The highest BCUT2D eigenvalue weighted by atomic mass is 35.5. The summed E-state index contributed by atoms with van der Waals surface area (Å²) < 4.78 is 57.4. The van der Waals surface area contributed by atoms with E-state index in [9.17, 15) is 27.2 Å². The van der Waals surface area contributed by atoms with Gasteiger partial charge in [-0.25, -0.2) is 4.39 Å². The molecule has 3 aliphatic rings. The Labute approximate surface area is 196 Å². The number of rotatable bonds is 7. The number of hydrogen-bond acceptors (Lipinski definition) is 4. The fraction of sp³-hybridized carbons (Fsp3) is 0.909. The molecule has 0 radical (unpaired) electrons. The van der Waals surface area contributed by atoms with E-state index in [1.165, 1.54) is 0 Å². The molecule has 0 aromatic rings. The minimum Gasteiger partial charge on any atom is -0.368 e. The Hall–Kier alpha value is -1.13. The molecule has 190 valence electrons. The zero-order valence-electron chi connectivity index (χ0n) is 18.6. The minimum absolute atomic E-state index is 0.0306. The predicted octanol–water partition coefficient (Wildman–Crippen LogP) is 3.22. The summed E-state index contributed by atoms with van der Waals surface area (Å²) in [5.41, 5.74) is 0. The number of piperidine rings is 1. The molecule has 5 atom stereocenters. The van der Waals surface area contributed by atoms with E-state index in [0.717, 1.165) is 0 Å². The Morgan fingerprint density at radius 3 is 2.36 bits per heavy atom. The third-order valence-electron chi connectivity index (χ3n) is 7.06. The normalized spacial score (nSPS) is 35.6. The van der Waals surface area contributed by atoms with Crippen LogP contribution in [0.2, 0.25) is 0 Å². The van der Waals surface area contributed by atoms with Crippen LogP contribution < -0.4 is 16.0 Å². The molecule has 2 amide bonds. The number of hydrogen-bond donors (Lipinski definition) is 3. The quantitative estimate of drug-likeness (QED) is 0.371. The van der Waals surface area contributed by atoms with Crippen LogP contribution in [0.4, 0.5) is 17.6 Å². The van der Waals surface area contributed by atoms with E-state index in [4.69, 9.17) is 16.3 Å². The number of ether oxygens (including phenoxy) is 1. The molecule has 2 saturated carbocycles. The average Bonchev–Trinajstić information content (AvgIpc) is 2.78. The summed E-state index contributed by atoms with van der Waals surface area (Å²) >= 11 is 5.86. The van der Waals surface area contributed by atoms with Gasteiger partial charge in [0.05, 0.1) is 17.4 Å². The van der Waals surface area contributed by atoms with Gasteiger partial charge in [-0.15, -0.1) is 11.6 Å². The molecule has 2 aliphatic carbocycles. The van der Waals surface area contributed by atoms with Crippen molar-refractivity contribution >= 4 is 23.4 Å². The van der Waals surface area contributed by atoms with Crippen molar-refractivity contribution in [2.24, 2.45) is 11.8 Å². The lowest BCUT2D eigenvalue weighted by Gasteiger charge is -2.32. The molecule has 1 heterocycles. The maximum atomic E-state index is 13.7. The van der Waals surface area contributed by atoms with Crippen molar-refractivity contribution in [3.8, 4) is 0 Å². The van der Waals surface area contributed by atoms with Gasteiger partial charge in [0.2, 0.25) is 11.8 Å². The number of carbonyl (C=O) groups is 2. The molecular formula is C22H34ClF4N3O3. The molecule has 3 rings (SSSR count). The van der Waals surface area contributed by atoms with Gasteiger partial charge in [-0.1, -0.05) is 0 Å². The summed E-state index contributed by atoms with van der Waals surface area (Å²) in [4.78, 5) is 24.6. The Morgan fingerprint density at radius 1 is 1.03 bits per heavy atom. The lowest BCUT2D eigenvalue weighted by molar-refractivity contribution is -0.179. The van der Waals surface area contributed by atoms with E-state index >= 15 is 0 Å². The smallest absolute Gasteiger partial charge is 0.368 e. The fourth-order valence-electron chi connectivity index (χ4n) is 4.89. The molecule has 0 aromatic carbocycles. The Morgan fingerprint density at radius 2 is 1.76 bits per heavy atom. The molecule has 0 aromatic heterocycles. The minimum atomic E-state index is -4.18. The second-order valence-electron chi connectivity index (χ2n) is 9.56. The van der Waals surface area contributed by atoms with Gasteiger partial charge >= 0.3 is 6.18 Å². The number of amides is 2. The second-order valence-corrected chi connectivity index (χ2v) is 10.1. The molecule has 3 fully saturated rings. The standard InChI is InChI=1S/C22H34ClF4N3O3/c23-18-8-7-17(9-19(18)24)33-12-20(31)30-15-4-1-13(2-5-15)21(32)29-11-16-6-3-14(10-28-16)22(25,26)27/h13-19,28H,1-12H2,(H,29,32)(H,30,31). The molecule has 11 heteroatoms. The molecule has 5 unspecified atom stereocenters. The first-order valence-corrected chi connectivity index (χ1v) is 12.3. The van der Waals surface area contributed by atoms with Gasteiger partial charge < -0.3 is 20.7 Å². The van der Waals surface area contributed by atoms with Gasteiger partial charge in [-0.3, -0.25) is 9.59 Å². The van der Waals surface area contributed by atoms with Gasteiger partial charge in [0.25, 0.3) is 0 Å². The lowest BCUT2D eigenvalue weighted by atomic mass is 9.85. The fourth-order valence-corrected chi connectivity index (χ4v) is 5.12. The van der Waals surface area contributed by atoms with Crippen molar-refractivity contribution in [3.05, 3.63) is 0 Å². The number of alkyl halides is 5. The van der Waals surface area contributed by atoms with Crippen molar-refractivity contribution in [2.45, 2.75) is 93.7 Å². The molecule has 6 nitrogen and oxygen atoms in total. The van der Waals surface area contributed by atoms with Crippen molar-refractivity contribution in [1.29, 1.82) is 0 Å². The van der Waals surface area contributed by atoms with Gasteiger partial charge in [0, 0.05) is 37.5 Å². The Kier molecular flexibility index (Phi) is 9.64. The van der Waals surface area contributed by atoms with Crippen molar-refractivity contribution in [1.82, 2.24) is 16.0 Å². The monoisotopic (exact) mass is 499 g/mol. The van der Waals surface area contributed by atoms with Gasteiger partial charge in [0.15, 0.2) is 0 Å². The topological polar surface area (TPSA) is 79.5 Å². The Balaban J connectivity index is 1.27. The van der Waals surface area contributed by atoms with Gasteiger partial charge in [-0.2, -0.15) is 13.2 Å². The first-order valence-electron chi connectivity index (χ1n) is 11.9. The van der Waals surface area contributed by atoms with E-state index in [1.54, 1.807) is 0 Å². The number of carbonyl (C=O) groups excluding carboxylic acids is 2. The van der Waals surface area contributed by atoms with E-state index in [1.807, 2.05) is 0 Å².